The third kappa shape index (κ3) is 3.17. The maximum atomic E-state index is 10.5. The maximum absolute atomic E-state index is 10.5. The van der Waals surface area contributed by atoms with Crippen molar-refractivity contribution in [3.8, 4) is 21.9 Å². The summed E-state index contributed by atoms with van der Waals surface area (Å²) in [7, 11) is 0. The normalized spacial score (nSPS) is 13.8. The third-order valence-corrected chi connectivity index (χ3v) is 5.37. The van der Waals surface area contributed by atoms with Gasteiger partial charge in [0.15, 0.2) is 11.5 Å². The first kappa shape index (κ1) is 16.7. The van der Waals surface area contributed by atoms with Crippen molar-refractivity contribution < 1.29 is 9.84 Å². The molecule has 4 rings (SSSR count). The third-order valence-electron chi connectivity index (χ3n) is 4.32. The highest BCUT2D eigenvalue weighted by Crippen LogP contribution is 2.39. The van der Waals surface area contributed by atoms with Crippen LogP contribution in [-0.4, -0.2) is 28.2 Å². The summed E-state index contributed by atoms with van der Waals surface area (Å²) in [6, 6.07) is 9.92. The minimum atomic E-state index is 0.170. The number of phenols is 1. The maximum Gasteiger partial charge on any atom is 0.222 e. The van der Waals surface area contributed by atoms with Crippen molar-refractivity contribution in [2.45, 2.75) is 20.4 Å². The summed E-state index contributed by atoms with van der Waals surface area (Å²) < 4.78 is 5.82. The van der Waals surface area contributed by atoms with Gasteiger partial charge in [-0.2, -0.15) is 4.98 Å². The zero-order valence-corrected chi connectivity index (χ0v) is 15.5. The number of thiophene rings is 1. The lowest BCUT2D eigenvalue weighted by Gasteiger charge is -2.21. The molecule has 0 radical (unpaired) electrons. The van der Waals surface area contributed by atoms with Gasteiger partial charge in [0.2, 0.25) is 5.95 Å². The minimum absolute atomic E-state index is 0.170. The van der Waals surface area contributed by atoms with Crippen molar-refractivity contribution in [2.75, 3.05) is 23.8 Å². The van der Waals surface area contributed by atoms with Crippen LogP contribution in [0.2, 0.25) is 0 Å². The zero-order chi connectivity index (χ0) is 18.3. The number of fused-ring (bicyclic) bond motifs is 1. The molecule has 0 aliphatic carbocycles. The molecule has 0 fully saturated rings. The second-order valence-electron chi connectivity index (χ2n) is 6.39. The Labute approximate surface area is 155 Å². The van der Waals surface area contributed by atoms with Gasteiger partial charge in [-0.25, -0.2) is 4.98 Å². The number of hydrogen-bond donors (Lipinski definition) is 2. The molecule has 3 heterocycles. The van der Waals surface area contributed by atoms with Gasteiger partial charge < -0.3 is 20.5 Å². The summed E-state index contributed by atoms with van der Waals surface area (Å²) in [6.07, 6.45) is 0. The summed E-state index contributed by atoms with van der Waals surface area (Å²) in [6.45, 7) is 5.66. The molecule has 0 bridgehead atoms. The summed E-state index contributed by atoms with van der Waals surface area (Å²) in [5, 5.41) is 10.5. The van der Waals surface area contributed by atoms with E-state index in [9.17, 15) is 5.11 Å². The van der Waals surface area contributed by atoms with Gasteiger partial charge in [0.05, 0.1) is 6.54 Å². The van der Waals surface area contributed by atoms with E-state index in [0.29, 0.717) is 25.4 Å². The lowest BCUT2D eigenvalue weighted by molar-refractivity contribution is 0.311. The molecule has 0 unspecified atom stereocenters. The first-order valence-corrected chi connectivity index (χ1v) is 9.23. The number of nitrogen functional groups attached to an aromatic ring is 1. The average Bonchev–Trinajstić information content (AvgIpc) is 2.89. The standard InChI is InChI=1S/C19H20N4O2S/c1-11-7-17(22-19(20)21-11)23-5-6-25-18-14(10-23)8-13(9-15(18)24)16-4-3-12(2)26-16/h3-4,7-9,24H,5-6,10H2,1-2H3,(H2,20,21,22). The predicted molar refractivity (Wildman–Crippen MR) is 104 cm³/mol. The number of aryl methyl sites for hydroxylation is 2. The highest BCUT2D eigenvalue weighted by molar-refractivity contribution is 7.15. The van der Waals surface area contributed by atoms with E-state index in [-0.39, 0.29) is 11.7 Å². The van der Waals surface area contributed by atoms with Crippen LogP contribution >= 0.6 is 11.3 Å². The van der Waals surface area contributed by atoms with Gasteiger partial charge in [0.25, 0.3) is 0 Å². The van der Waals surface area contributed by atoms with E-state index in [1.807, 2.05) is 13.0 Å². The van der Waals surface area contributed by atoms with Crippen molar-refractivity contribution in [3.63, 3.8) is 0 Å². The smallest absolute Gasteiger partial charge is 0.222 e. The van der Waals surface area contributed by atoms with Crippen molar-refractivity contribution in [2.24, 2.45) is 0 Å². The Balaban J connectivity index is 1.74. The average molecular weight is 368 g/mol. The minimum Gasteiger partial charge on any atom is -0.504 e. The molecule has 0 saturated carbocycles. The molecule has 0 amide bonds. The quantitative estimate of drug-likeness (QED) is 0.720. The molecule has 1 aromatic carbocycles. The molecular formula is C19H20N4O2S. The van der Waals surface area contributed by atoms with E-state index in [1.165, 1.54) is 4.88 Å². The summed E-state index contributed by atoms with van der Waals surface area (Å²) in [5.74, 6) is 1.74. The molecule has 1 aliphatic heterocycles. The second kappa shape index (κ2) is 6.49. The Kier molecular flexibility index (Phi) is 4.16. The molecule has 6 nitrogen and oxygen atoms in total. The topological polar surface area (TPSA) is 84.5 Å². The lowest BCUT2D eigenvalue weighted by Crippen LogP contribution is -2.26. The molecule has 0 atom stereocenters. The number of nitrogens with two attached hydrogens (primary N) is 1. The molecule has 3 N–H and O–H groups in total. The molecule has 134 valence electrons. The van der Waals surface area contributed by atoms with Crippen molar-refractivity contribution >= 4 is 23.1 Å². The number of benzene rings is 1. The first-order valence-electron chi connectivity index (χ1n) is 8.41. The summed E-state index contributed by atoms with van der Waals surface area (Å²) in [5.41, 5.74) is 8.55. The molecular weight excluding hydrogens is 348 g/mol. The highest BCUT2D eigenvalue weighted by atomic mass is 32.1. The van der Waals surface area contributed by atoms with Crippen molar-refractivity contribution in [1.29, 1.82) is 0 Å². The van der Waals surface area contributed by atoms with Gasteiger partial charge in [-0.15, -0.1) is 11.3 Å². The number of nitrogens with zero attached hydrogens (tertiary/aromatic N) is 3. The molecule has 1 aliphatic rings. The Morgan fingerprint density at radius 2 is 2.04 bits per heavy atom. The van der Waals surface area contributed by atoms with E-state index in [2.05, 4.69) is 40.0 Å². The van der Waals surface area contributed by atoms with Crippen molar-refractivity contribution in [3.05, 3.63) is 46.5 Å². The number of phenolic OH excluding ortho intramolecular Hbond substituents is 1. The second-order valence-corrected chi connectivity index (χ2v) is 7.68. The molecule has 3 aromatic rings. The number of hydrogen-bond acceptors (Lipinski definition) is 7. The van der Waals surface area contributed by atoms with Crippen LogP contribution in [0.1, 0.15) is 16.1 Å². The number of ether oxygens (including phenoxy) is 1. The van der Waals surface area contributed by atoms with Crippen LogP contribution < -0.4 is 15.4 Å². The Morgan fingerprint density at radius 1 is 1.19 bits per heavy atom. The lowest BCUT2D eigenvalue weighted by atomic mass is 10.1. The first-order chi connectivity index (χ1) is 12.5. The van der Waals surface area contributed by atoms with E-state index >= 15 is 0 Å². The van der Waals surface area contributed by atoms with E-state index in [1.54, 1.807) is 17.4 Å². The van der Waals surface area contributed by atoms with Gasteiger partial charge in [0.1, 0.15) is 12.4 Å². The van der Waals surface area contributed by atoms with Gasteiger partial charge in [-0.3, -0.25) is 0 Å². The van der Waals surface area contributed by atoms with Gasteiger partial charge in [-0.05, 0) is 43.7 Å². The fraction of sp³-hybridized carbons (Fsp3) is 0.263. The summed E-state index contributed by atoms with van der Waals surface area (Å²) >= 11 is 1.70. The van der Waals surface area contributed by atoms with Crippen LogP contribution in [0.3, 0.4) is 0 Å². The van der Waals surface area contributed by atoms with Crippen LogP contribution in [0.25, 0.3) is 10.4 Å². The Bertz CT molecular complexity index is 950. The Hall–Kier alpha value is -2.80. The number of aromatic hydroxyl groups is 1. The van der Waals surface area contributed by atoms with Crippen LogP contribution in [0, 0.1) is 13.8 Å². The van der Waals surface area contributed by atoms with Gasteiger partial charge in [-0.1, -0.05) is 0 Å². The highest BCUT2D eigenvalue weighted by Gasteiger charge is 2.21. The van der Waals surface area contributed by atoms with Crippen LogP contribution in [0.5, 0.6) is 11.5 Å². The predicted octanol–water partition coefficient (Wildman–Crippen LogP) is 3.51. The molecule has 2 aromatic heterocycles. The van der Waals surface area contributed by atoms with E-state index < -0.39 is 0 Å². The van der Waals surface area contributed by atoms with Gasteiger partial charge in [0, 0.05) is 33.6 Å². The fourth-order valence-electron chi connectivity index (χ4n) is 3.16. The van der Waals surface area contributed by atoms with E-state index in [4.69, 9.17) is 10.5 Å². The number of anilines is 2. The summed E-state index contributed by atoms with van der Waals surface area (Å²) in [4.78, 5) is 12.9. The SMILES string of the molecule is Cc1cc(N2CCOc3c(O)cc(-c4ccc(C)s4)cc3C2)nc(N)n1. The Morgan fingerprint density at radius 3 is 2.77 bits per heavy atom. The largest absolute Gasteiger partial charge is 0.504 e. The molecule has 0 saturated heterocycles. The zero-order valence-electron chi connectivity index (χ0n) is 14.7. The number of aromatic nitrogens is 2. The van der Waals surface area contributed by atoms with Crippen LogP contribution in [-0.2, 0) is 6.54 Å². The number of rotatable bonds is 2. The van der Waals surface area contributed by atoms with E-state index in [0.717, 1.165) is 27.5 Å². The van der Waals surface area contributed by atoms with Crippen molar-refractivity contribution in [1.82, 2.24) is 9.97 Å². The van der Waals surface area contributed by atoms with Crippen LogP contribution in [0.4, 0.5) is 11.8 Å². The molecule has 0 spiro atoms. The fourth-order valence-corrected chi connectivity index (χ4v) is 4.02. The van der Waals surface area contributed by atoms with Crippen LogP contribution in [0.15, 0.2) is 30.3 Å². The monoisotopic (exact) mass is 368 g/mol. The molecule has 26 heavy (non-hydrogen) atoms. The van der Waals surface area contributed by atoms with Gasteiger partial charge >= 0.3 is 0 Å². The molecule has 7 heteroatoms.